The number of nitrogens with one attached hydrogen (secondary N) is 1. The number of hydrogen-bond acceptors (Lipinski definition) is 3. The lowest BCUT2D eigenvalue weighted by atomic mass is 9.80. The molecule has 1 aromatic carbocycles. The van der Waals surface area contributed by atoms with Gasteiger partial charge in [-0.05, 0) is 43.9 Å². The molecule has 0 radical (unpaired) electrons. The summed E-state index contributed by atoms with van der Waals surface area (Å²) in [6.07, 6.45) is 3.46. The molecule has 1 aliphatic carbocycles. The molecule has 0 heterocycles. The summed E-state index contributed by atoms with van der Waals surface area (Å²) >= 11 is 3.19. The monoisotopic (exact) mass is 379 g/mol. The SMILES string of the molecule is CC(NC(=O)c1cc(Br)cc(S(=O)(=O)Cl)c1)C1CCC1. The van der Waals surface area contributed by atoms with Crippen LogP contribution in [-0.4, -0.2) is 20.4 Å². The molecule has 1 unspecified atom stereocenters. The van der Waals surface area contributed by atoms with Crippen molar-refractivity contribution in [2.45, 2.75) is 37.1 Å². The van der Waals surface area contributed by atoms with Gasteiger partial charge in [0.2, 0.25) is 0 Å². The molecule has 0 saturated heterocycles. The molecule has 2 rings (SSSR count). The van der Waals surface area contributed by atoms with E-state index in [0.29, 0.717) is 10.4 Å². The smallest absolute Gasteiger partial charge is 0.261 e. The van der Waals surface area contributed by atoms with Crippen molar-refractivity contribution in [2.75, 3.05) is 0 Å². The second-order valence-electron chi connectivity index (χ2n) is 5.07. The summed E-state index contributed by atoms with van der Waals surface area (Å²) in [5, 5.41) is 2.91. The van der Waals surface area contributed by atoms with Crippen molar-refractivity contribution in [3.63, 3.8) is 0 Å². The Morgan fingerprint density at radius 1 is 1.40 bits per heavy atom. The molecular formula is C13H15BrClNO3S. The van der Waals surface area contributed by atoms with Gasteiger partial charge in [-0.2, -0.15) is 0 Å². The first-order valence-corrected chi connectivity index (χ1v) is 9.44. The van der Waals surface area contributed by atoms with Crippen LogP contribution in [0.5, 0.6) is 0 Å². The highest BCUT2D eigenvalue weighted by Gasteiger charge is 2.25. The van der Waals surface area contributed by atoms with Crippen LogP contribution in [0.15, 0.2) is 27.6 Å². The van der Waals surface area contributed by atoms with E-state index in [2.05, 4.69) is 21.2 Å². The van der Waals surface area contributed by atoms with Crippen molar-refractivity contribution in [1.82, 2.24) is 5.32 Å². The van der Waals surface area contributed by atoms with Crippen molar-refractivity contribution in [1.29, 1.82) is 0 Å². The fourth-order valence-electron chi connectivity index (χ4n) is 2.18. The van der Waals surface area contributed by atoms with E-state index in [0.717, 1.165) is 12.8 Å². The number of hydrogen-bond donors (Lipinski definition) is 1. The van der Waals surface area contributed by atoms with Gasteiger partial charge in [0.1, 0.15) is 0 Å². The van der Waals surface area contributed by atoms with Gasteiger partial charge in [0, 0.05) is 26.8 Å². The molecule has 0 aliphatic heterocycles. The molecule has 1 N–H and O–H groups in total. The summed E-state index contributed by atoms with van der Waals surface area (Å²) < 4.78 is 23.2. The highest BCUT2D eigenvalue weighted by molar-refractivity contribution is 9.10. The largest absolute Gasteiger partial charge is 0.349 e. The molecule has 1 fully saturated rings. The fraction of sp³-hybridized carbons (Fsp3) is 0.462. The minimum absolute atomic E-state index is 0.0880. The number of amides is 1. The van der Waals surface area contributed by atoms with E-state index < -0.39 is 9.05 Å². The van der Waals surface area contributed by atoms with Crippen molar-refractivity contribution in [3.8, 4) is 0 Å². The van der Waals surface area contributed by atoms with Crippen LogP contribution >= 0.6 is 26.6 Å². The Morgan fingerprint density at radius 3 is 2.55 bits per heavy atom. The molecule has 110 valence electrons. The predicted molar refractivity (Wildman–Crippen MR) is 81.5 cm³/mol. The third kappa shape index (κ3) is 3.74. The van der Waals surface area contributed by atoms with Gasteiger partial charge < -0.3 is 5.32 Å². The summed E-state index contributed by atoms with van der Waals surface area (Å²) in [6, 6.07) is 4.32. The van der Waals surface area contributed by atoms with E-state index in [9.17, 15) is 13.2 Å². The zero-order valence-electron chi connectivity index (χ0n) is 10.9. The van der Waals surface area contributed by atoms with Crippen LogP contribution in [-0.2, 0) is 9.05 Å². The zero-order chi connectivity index (χ0) is 14.9. The van der Waals surface area contributed by atoms with Gasteiger partial charge in [-0.25, -0.2) is 8.42 Å². The molecule has 0 spiro atoms. The van der Waals surface area contributed by atoms with Crippen molar-refractivity contribution in [3.05, 3.63) is 28.2 Å². The van der Waals surface area contributed by atoms with E-state index in [1.165, 1.54) is 18.6 Å². The van der Waals surface area contributed by atoms with Gasteiger partial charge in [-0.3, -0.25) is 4.79 Å². The van der Waals surface area contributed by atoms with Crippen LogP contribution in [0.1, 0.15) is 36.5 Å². The maximum absolute atomic E-state index is 12.2. The standard InChI is InChI=1S/C13H15BrClNO3S/c1-8(9-3-2-4-9)16-13(17)10-5-11(14)7-12(6-10)20(15,18)19/h5-9H,2-4H2,1H3,(H,16,17). The third-order valence-electron chi connectivity index (χ3n) is 3.63. The van der Waals surface area contributed by atoms with Crippen LogP contribution < -0.4 is 5.32 Å². The summed E-state index contributed by atoms with van der Waals surface area (Å²) in [5.41, 5.74) is 0.282. The summed E-state index contributed by atoms with van der Waals surface area (Å²) in [7, 11) is 1.46. The number of carbonyl (C=O) groups is 1. The molecule has 7 heteroatoms. The average Bonchev–Trinajstić information content (AvgIpc) is 2.24. The van der Waals surface area contributed by atoms with Crippen molar-refractivity contribution < 1.29 is 13.2 Å². The quantitative estimate of drug-likeness (QED) is 0.815. The number of rotatable bonds is 4. The van der Waals surface area contributed by atoms with Crippen molar-refractivity contribution in [2.24, 2.45) is 5.92 Å². The topological polar surface area (TPSA) is 63.2 Å². The van der Waals surface area contributed by atoms with Gasteiger partial charge in [-0.15, -0.1) is 0 Å². The average molecular weight is 381 g/mol. The van der Waals surface area contributed by atoms with Crippen LogP contribution in [0, 0.1) is 5.92 Å². The van der Waals surface area contributed by atoms with Gasteiger partial charge >= 0.3 is 0 Å². The number of halogens is 2. The summed E-state index contributed by atoms with van der Waals surface area (Å²) in [5.74, 6) is 0.231. The van der Waals surface area contributed by atoms with E-state index in [1.807, 2.05) is 6.92 Å². The normalized spacial score (nSPS) is 17.4. The minimum atomic E-state index is -3.86. The third-order valence-corrected chi connectivity index (χ3v) is 5.42. The van der Waals surface area contributed by atoms with Gasteiger partial charge in [-0.1, -0.05) is 22.4 Å². The molecule has 1 amide bonds. The van der Waals surface area contributed by atoms with E-state index in [4.69, 9.17) is 10.7 Å². The lowest BCUT2D eigenvalue weighted by molar-refractivity contribution is 0.0909. The Balaban J connectivity index is 2.19. The molecule has 1 aliphatic rings. The first-order chi connectivity index (χ1) is 9.27. The molecule has 1 saturated carbocycles. The molecular weight excluding hydrogens is 366 g/mol. The second kappa shape index (κ2) is 6.03. The summed E-state index contributed by atoms with van der Waals surface area (Å²) in [4.78, 5) is 12.1. The molecule has 1 aromatic rings. The molecule has 1 atom stereocenters. The first kappa shape index (κ1) is 15.8. The Bertz CT molecular complexity index is 629. The second-order valence-corrected chi connectivity index (χ2v) is 8.55. The Morgan fingerprint density at radius 2 is 2.05 bits per heavy atom. The van der Waals surface area contributed by atoms with Gasteiger partial charge in [0.05, 0.1) is 4.90 Å². The predicted octanol–water partition coefficient (Wildman–Crippen LogP) is 3.30. The maximum Gasteiger partial charge on any atom is 0.261 e. The van der Waals surface area contributed by atoms with E-state index in [-0.39, 0.29) is 22.4 Å². The van der Waals surface area contributed by atoms with Gasteiger partial charge in [0.15, 0.2) is 0 Å². The Labute approximate surface area is 131 Å². The Hall–Kier alpha value is -0.590. The van der Waals surface area contributed by atoms with Crippen molar-refractivity contribution >= 4 is 41.6 Å². The lowest BCUT2D eigenvalue weighted by Crippen LogP contribution is -2.40. The van der Waals surface area contributed by atoms with Crippen LogP contribution in [0.3, 0.4) is 0 Å². The summed E-state index contributed by atoms with van der Waals surface area (Å²) in [6.45, 7) is 1.97. The molecule has 0 aromatic heterocycles. The minimum Gasteiger partial charge on any atom is -0.349 e. The molecule has 0 bridgehead atoms. The highest BCUT2D eigenvalue weighted by atomic mass is 79.9. The van der Waals surface area contributed by atoms with Crippen LogP contribution in [0.2, 0.25) is 0 Å². The lowest BCUT2D eigenvalue weighted by Gasteiger charge is -2.31. The van der Waals surface area contributed by atoms with E-state index in [1.54, 1.807) is 6.07 Å². The Kier molecular flexibility index (Phi) is 4.76. The van der Waals surface area contributed by atoms with Gasteiger partial charge in [0.25, 0.3) is 15.0 Å². The highest BCUT2D eigenvalue weighted by Crippen LogP contribution is 2.29. The maximum atomic E-state index is 12.2. The van der Waals surface area contributed by atoms with E-state index >= 15 is 0 Å². The first-order valence-electron chi connectivity index (χ1n) is 6.33. The zero-order valence-corrected chi connectivity index (χ0v) is 14.1. The molecule has 20 heavy (non-hydrogen) atoms. The van der Waals surface area contributed by atoms with Crippen LogP contribution in [0.4, 0.5) is 0 Å². The number of carbonyl (C=O) groups excluding carboxylic acids is 1. The molecule has 4 nitrogen and oxygen atoms in total. The fourth-order valence-corrected chi connectivity index (χ4v) is 3.63. The number of benzene rings is 1. The van der Waals surface area contributed by atoms with Crippen LogP contribution in [0.25, 0.3) is 0 Å².